The quantitative estimate of drug-likeness (QED) is 0.805. The van der Waals surface area contributed by atoms with Crippen LogP contribution in [-0.2, 0) is 4.74 Å². The van der Waals surface area contributed by atoms with Crippen LogP contribution in [0.2, 0.25) is 0 Å². The van der Waals surface area contributed by atoms with E-state index in [-0.39, 0.29) is 18.0 Å². The molecule has 0 N–H and O–H groups in total. The molecule has 0 saturated carbocycles. The molecule has 3 rings (SSSR count). The van der Waals surface area contributed by atoms with Crippen molar-refractivity contribution in [3.63, 3.8) is 0 Å². The number of hydrogen-bond acceptors (Lipinski definition) is 4. The molecule has 4 heteroatoms. The monoisotopic (exact) mass is 248 g/mol. The van der Waals surface area contributed by atoms with Gasteiger partial charge in [-0.3, -0.25) is 4.79 Å². The van der Waals surface area contributed by atoms with Crippen molar-refractivity contribution in [1.29, 1.82) is 0 Å². The highest BCUT2D eigenvalue weighted by atomic mass is 16.5. The van der Waals surface area contributed by atoms with Crippen molar-refractivity contribution in [2.45, 2.75) is 31.5 Å². The first-order valence-electron chi connectivity index (χ1n) is 6.27. The second kappa shape index (κ2) is 4.61. The third-order valence-corrected chi connectivity index (χ3v) is 3.53. The molecule has 2 atom stereocenters. The van der Waals surface area contributed by atoms with Gasteiger partial charge in [-0.15, -0.1) is 0 Å². The molecule has 1 fully saturated rings. The topological polar surface area (TPSA) is 44.8 Å². The van der Waals surface area contributed by atoms with E-state index in [1.807, 2.05) is 0 Å². The fourth-order valence-electron chi connectivity index (χ4n) is 2.56. The van der Waals surface area contributed by atoms with Gasteiger partial charge in [0.25, 0.3) is 0 Å². The predicted molar refractivity (Wildman–Crippen MR) is 65.3 cm³/mol. The van der Waals surface area contributed by atoms with E-state index >= 15 is 0 Å². The van der Waals surface area contributed by atoms with Gasteiger partial charge < -0.3 is 14.2 Å². The highest BCUT2D eigenvalue weighted by Crippen LogP contribution is 2.34. The first-order valence-corrected chi connectivity index (χ1v) is 6.27. The number of ether oxygens (including phenoxy) is 3. The number of hydrogen-bond donors (Lipinski definition) is 0. The van der Waals surface area contributed by atoms with Crippen molar-refractivity contribution < 1.29 is 19.0 Å². The predicted octanol–water partition coefficient (Wildman–Crippen LogP) is 2.21. The highest BCUT2D eigenvalue weighted by Gasteiger charge is 2.34. The van der Waals surface area contributed by atoms with Crippen LogP contribution < -0.4 is 9.47 Å². The first kappa shape index (κ1) is 11.5. The summed E-state index contributed by atoms with van der Waals surface area (Å²) in [6, 6.07) is 5.32. The van der Waals surface area contributed by atoms with Crippen molar-refractivity contribution in [1.82, 2.24) is 0 Å². The molecule has 0 unspecified atom stereocenters. The number of ketones is 1. The van der Waals surface area contributed by atoms with E-state index in [2.05, 4.69) is 0 Å². The summed E-state index contributed by atoms with van der Waals surface area (Å²) >= 11 is 0. The van der Waals surface area contributed by atoms with E-state index in [1.165, 1.54) is 0 Å². The lowest BCUT2D eigenvalue weighted by Gasteiger charge is -2.29. The molecule has 1 aromatic rings. The molecule has 0 spiro atoms. The summed E-state index contributed by atoms with van der Waals surface area (Å²) in [4.78, 5) is 12.1. The lowest BCUT2D eigenvalue weighted by Crippen LogP contribution is -2.36. The Kier molecular flexibility index (Phi) is 2.96. The van der Waals surface area contributed by atoms with Crippen LogP contribution in [0, 0.1) is 0 Å². The minimum atomic E-state index is -0.153. The van der Waals surface area contributed by atoms with E-state index < -0.39 is 0 Å². The van der Waals surface area contributed by atoms with Gasteiger partial charge in [0.2, 0.25) is 0 Å². The van der Waals surface area contributed by atoms with E-state index in [0.717, 1.165) is 19.4 Å². The number of Topliss-reactive ketones (excluding diaryl/α,β-unsaturated/α-hetero) is 1. The van der Waals surface area contributed by atoms with Crippen LogP contribution in [0.15, 0.2) is 18.2 Å². The molecule has 0 aromatic heterocycles. The lowest BCUT2D eigenvalue weighted by molar-refractivity contribution is 0.00482. The van der Waals surface area contributed by atoms with Crippen LogP contribution in [0.4, 0.5) is 0 Å². The lowest BCUT2D eigenvalue weighted by atomic mass is 9.96. The van der Waals surface area contributed by atoms with Gasteiger partial charge in [0.15, 0.2) is 5.78 Å². The Morgan fingerprint density at radius 2 is 2.22 bits per heavy atom. The van der Waals surface area contributed by atoms with Crippen molar-refractivity contribution in [3.8, 4) is 11.5 Å². The molecule has 2 aliphatic heterocycles. The van der Waals surface area contributed by atoms with E-state index in [9.17, 15) is 4.79 Å². The molecule has 2 aliphatic rings. The van der Waals surface area contributed by atoms with Crippen LogP contribution >= 0.6 is 0 Å². The molecule has 0 aliphatic carbocycles. The van der Waals surface area contributed by atoms with Crippen LogP contribution in [0.5, 0.6) is 11.5 Å². The number of carbonyl (C=O) groups excluding carboxylic acids is 1. The number of benzene rings is 1. The number of methoxy groups -OCH3 is 1. The van der Waals surface area contributed by atoms with Crippen LogP contribution in [-0.4, -0.2) is 31.7 Å². The Hall–Kier alpha value is -1.55. The molecule has 4 nitrogen and oxygen atoms in total. The van der Waals surface area contributed by atoms with Gasteiger partial charge in [-0.1, -0.05) is 0 Å². The van der Waals surface area contributed by atoms with Gasteiger partial charge in [-0.25, -0.2) is 0 Å². The Morgan fingerprint density at radius 3 is 2.94 bits per heavy atom. The van der Waals surface area contributed by atoms with Gasteiger partial charge in [0.1, 0.15) is 17.6 Å². The summed E-state index contributed by atoms with van der Waals surface area (Å²) < 4.78 is 16.7. The van der Waals surface area contributed by atoms with Crippen molar-refractivity contribution in [3.05, 3.63) is 23.8 Å². The Balaban J connectivity index is 1.87. The zero-order valence-electron chi connectivity index (χ0n) is 10.3. The molecular formula is C14H16O4. The molecule has 2 heterocycles. The van der Waals surface area contributed by atoms with E-state index in [4.69, 9.17) is 14.2 Å². The van der Waals surface area contributed by atoms with Crippen LogP contribution in [0.3, 0.4) is 0 Å². The number of fused-ring (bicyclic) bond motifs is 1. The molecule has 0 bridgehead atoms. The van der Waals surface area contributed by atoms with E-state index in [1.54, 1.807) is 25.3 Å². The fraction of sp³-hybridized carbons (Fsp3) is 0.500. The molecule has 96 valence electrons. The zero-order valence-corrected chi connectivity index (χ0v) is 10.3. The third-order valence-electron chi connectivity index (χ3n) is 3.53. The second-order valence-corrected chi connectivity index (χ2v) is 4.70. The maximum absolute atomic E-state index is 12.1. The maximum atomic E-state index is 12.1. The van der Waals surface area contributed by atoms with Crippen molar-refractivity contribution in [2.24, 2.45) is 0 Å². The van der Waals surface area contributed by atoms with Gasteiger partial charge >= 0.3 is 0 Å². The van der Waals surface area contributed by atoms with Crippen molar-refractivity contribution in [2.75, 3.05) is 13.7 Å². The van der Waals surface area contributed by atoms with Crippen LogP contribution in [0.25, 0.3) is 0 Å². The van der Waals surface area contributed by atoms with Gasteiger partial charge in [-0.05, 0) is 25.0 Å². The minimum absolute atomic E-state index is 0.0494. The summed E-state index contributed by atoms with van der Waals surface area (Å²) in [5, 5.41) is 0. The molecule has 0 amide bonds. The molecular weight excluding hydrogens is 232 g/mol. The molecule has 1 saturated heterocycles. The summed E-state index contributed by atoms with van der Waals surface area (Å²) in [6.45, 7) is 0.768. The van der Waals surface area contributed by atoms with Crippen molar-refractivity contribution >= 4 is 5.78 Å². The fourth-order valence-corrected chi connectivity index (χ4v) is 2.56. The summed E-state index contributed by atoms with van der Waals surface area (Å²) in [5.41, 5.74) is 0.644. The smallest absolute Gasteiger partial charge is 0.170 e. The number of rotatable bonds is 2. The zero-order chi connectivity index (χ0) is 12.5. The maximum Gasteiger partial charge on any atom is 0.170 e. The number of carbonyl (C=O) groups is 1. The summed E-state index contributed by atoms with van der Waals surface area (Å²) in [5.74, 6) is 1.44. The standard InChI is InChI=1S/C14H16O4/c1-16-9-4-5-10-11(15)8-14(18-13(10)7-9)12-3-2-6-17-12/h4-5,7,12,14H,2-3,6,8H2,1H3/t12-,14-/m0/s1. The molecule has 0 radical (unpaired) electrons. The average molecular weight is 248 g/mol. The SMILES string of the molecule is COc1ccc2c(c1)O[C@H]([C@@H]1CCCO1)CC2=O. The first-order chi connectivity index (χ1) is 8.78. The van der Waals surface area contributed by atoms with Gasteiger partial charge in [0.05, 0.1) is 25.2 Å². The largest absolute Gasteiger partial charge is 0.497 e. The molecule has 18 heavy (non-hydrogen) atoms. The third kappa shape index (κ3) is 1.97. The summed E-state index contributed by atoms with van der Waals surface area (Å²) in [6.07, 6.45) is 2.32. The average Bonchev–Trinajstić information content (AvgIpc) is 2.91. The Labute approximate surface area is 106 Å². The normalized spacial score (nSPS) is 26.6. The second-order valence-electron chi connectivity index (χ2n) is 4.70. The van der Waals surface area contributed by atoms with Gasteiger partial charge in [-0.2, -0.15) is 0 Å². The van der Waals surface area contributed by atoms with Crippen LogP contribution in [0.1, 0.15) is 29.6 Å². The van der Waals surface area contributed by atoms with E-state index in [0.29, 0.717) is 23.5 Å². The summed E-state index contributed by atoms with van der Waals surface area (Å²) in [7, 11) is 1.60. The Bertz CT molecular complexity index is 463. The highest BCUT2D eigenvalue weighted by molar-refractivity contribution is 6.00. The molecule has 1 aromatic carbocycles. The minimum Gasteiger partial charge on any atom is -0.497 e. The Morgan fingerprint density at radius 1 is 1.33 bits per heavy atom. The van der Waals surface area contributed by atoms with Gasteiger partial charge in [0, 0.05) is 12.7 Å².